The van der Waals surface area contributed by atoms with Crippen LogP contribution >= 0.6 is 0 Å². The summed E-state index contributed by atoms with van der Waals surface area (Å²) < 4.78 is 16.5. The second-order valence-corrected chi connectivity index (χ2v) is 9.75. The molecule has 200 valence electrons. The van der Waals surface area contributed by atoms with E-state index in [1.165, 1.54) is 5.56 Å². The number of benzene rings is 3. The molecule has 4 rings (SSSR count). The summed E-state index contributed by atoms with van der Waals surface area (Å²) in [7, 11) is 4.69. The predicted molar refractivity (Wildman–Crippen MR) is 152 cm³/mol. The largest absolute Gasteiger partial charge is 0.493 e. The summed E-state index contributed by atoms with van der Waals surface area (Å²) in [4.78, 5) is 18.5. The van der Waals surface area contributed by atoms with Crippen molar-refractivity contribution in [1.82, 2.24) is 9.80 Å². The number of nitrogens with zero attached hydrogens (tertiary/aromatic N) is 2. The molecule has 0 bridgehead atoms. The van der Waals surface area contributed by atoms with Gasteiger partial charge in [-0.15, -0.1) is 0 Å². The van der Waals surface area contributed by atoms with Gasteiger partial charge in [-0.05, 0) is 49.6 Å². The third kappa shape index (κ3) is 6.75. The first-order chi connectivity index (χ1) is 18.5. The molecule has 0 radical (unpaired) electrons. The van der Waals surface area contributed by atoms with Crippen molar-refractivity contribution >= 4 is 12.0 Å². The summed E-state index contributed by atoms with van der Waals surface area (Å²) in [5, 5.41) is 0. The van der Waals surface area contributed by atoms with Gasteiger partial charge >= 0.3 is 0 Å². The van der Waals surface area contributed by atoms with Crippen LogP contribution in [-0.2, 0) is 6.54 Å². The molecule has 3 aromatic rings. The average molecular weight is 515 g/mol. The maximum atomic E-state index is 14.0. The number of rotatable bonds is 11. The van der Waals surface area contributed by atoms with E-state index >= 15 is 0 Å². The number of carbonyl (C=O) groups excluding carboxylic acids is 1. The molecule has 1 aliphatic rings. The zero-order valence-electron chi connectivity index (χ0n) is 22.9. The number of carbonyl (C=O) groups is 1. The molecule has 6 nitrogen and oxygen atoms in total. The Kier molecular flexibility index (Phi) is 9.44. The van der Waals surface area contributed by atoms with Crippen molar-refractivity contribution in [3.63, 3.8) is 0 Å². The van der Waals surface area contributed by atoms with Crippen LogP contribution in [0.15, 0.2) is 78.4 Å². The zero-order chi connectivity index (χ0) is 26.9. The molecular weight excluding hydrogens is 476 g/mol. The van der Waals surface area contributed by atoms with Crippen molar-refractivity contribution in [2.24, 2.45) is 0 Å². The van der Waals surface area contributed by atoms with Gasteiger partial charge in [-0.3, -0.25) is 9.69 Å². The van der Waals surface area contributed by atoms with E-state index in [1.807, 2.05) is 29.2 Å². The van der Waals surface area contributed by atoms with E-state index in [2.05, 4.69) is 54.3 Å². The Hall–Kier alpha value is -3.77. The molecule has 1 fully saturated rings. The van der Waals surface area contributed by atoms with E-state index in [9.17, 15) is 4.79 Å². The highest BCUT2D eigenvalue weighted by atomic mass is 16.5. The number of likely N-dealkylation sites (tertiary alicyclic amines) is 1. The molecular formula is C32H38N2O4. The van der Waals surface area contributed by atoms with Crippen LogP contribution in [0.2, 0.25) is 0 Å². The lowest BCUT2D eigenvalue weighted by atomic mass is 10.1. The van der Waals surface area contributed by atoms with Crippen LogP contribution in [-0.4, -0.2) is 62.7 Å². The Morgan fingerprint density at radius 2 is 1.58 bits per heavy atom. The van der Waals surface area contributed by atoms with E-state index in [0.717, 1.165) is 37.1 Å². The number of ether oxygens (including phenoxy) is 3. The molecule has 0 N–H and O–H groups in total. The van der Waals surface area contributed by atoms with Crippen molar-refractivity contribution in [2.45, 2.75) is 32.4 Å². The summed E-state index contributed by atoms with van der Waals surface area (Å²) in [6, 6.07) is 24.5. The van der Waals surface area contributed by atoms with Gasteiger partial charge < -0.3 is 19.1 Å². The van der Waals surface area contributed by atoms with Gasteiger partial charge in [0.2, 0.25) is 5.75 Å². The minimum Gasteiger partial charge on any atom is -0.493 e. The van der Waals surface area contributed by atoms with Gasteiger partial charge in [-0.1, -0.05) is 72.3 Å². The van der Waals surface area contributed by atoms with E-state index in [1.54, 1.807) is 33.5 Å². The number of amides is 1. The monoisotopic (exact) mass is 514 g/mol. The van der Waals surface area contributed by atoms with Crippen LogP contribution in [0.25, 0.3) is 6.08 Å². The van der Waals surface area contributed by atoms with Gasteiger partial charge in [0.05, 0.1) is 21.3 Å². The van der Waals surface area contributed by atoms with Crippen LogP contribution in [0, 0.1) is 0 Å². The normalized spacial score (nSPS) is 15.8. The molecule has 1 atom stereocenters. The molecule has 1 amide bonds. The van der Waals surface area contributed by atoms with E-state index < -0.39 is 0 Å². The van der Waals surface area contributed by atoms with Crippen molar-refractivity contribution in [3.8, 4) is 17.2 Å². The third-order valence-corrected chi connectivity index (χ3v) is 7.01. The average Bonchev–Trinajstić information content (AvgIpc) is 3.38. The Balaban J connectivity index is 1.62. The van der Waals surface area contributed by atoms with Crippen LogP contribution in [0.5, 0.6) is 17.2 Å². The zero-order valence-corrected chi connectivity index (χ0v) is 22.9. The quantitative estimate of drug-likeness (QED) is 0.318. The highest BCUT2D eigenvalue weighted by molar-refractivity contribution is 5.96. The van der Waals surface area contributed by atoms with Crippen LogP contribution in [0.1, 0.15) is 41.3 Å². The summed E-state index contributed by atoms with van der Waals surface area (Å²) in [5.41, 5.74) is 4.04. The van der Waals surface area contributed by atoms with E-state index in [4.69, 9.17) is 14.2 Å². The van der Waals surface area contributed by atoms with E-state index in [-0.39, 0.29) is 11.9 Å². The molecule has 3 aromatic carbocycles. The molecule has 0 saturated carbocycles. The second-order valence-electron chi connectivity index (χ2n) is 9.75. The fourth-order valence-corrected chi connectivity index (χ4v) is 5.17. The SMILES string of the molecule is COc1cc(C(=O)N(C/C(C)=C/c2ccccc2)CC2CCCN2Cc2ccccc2)cc(OC)c1OC. The van der Waals surface area contributed by atoms with Gasteiger partial charge in [0.15, 0.2) is 11.5 Å². The molecule has 38 heavy (non-hydrogen) atoms. The second kappa shape index (κ2) is 13.2. The van der Waals surface area contributed by atoms with Gasteiger partial charge in [0.25, 0.3) is 5.91 Å². The molecule has 1 aliphatic heterocycles. The van der Waals surface area contributed by atoms with Crippen molar-refractivity contribution in [2.75, 3.05) is 41.0 Å². The predicted octanol–water partition coefficient (Wildman–Crippen LogP) is 5.92. The molecule has 1 saturated heterocycles. The maximum absolute atomic E-state index is 14.0. The molecule has 1 unspecified atom stereocenters. The number of hydrogen-bond donors (Lipinski definition) is 0. The van der Waals surface area contributed by atoms with Gasteiger partial charge in [-0.25, -0.2) is 0 Å². The fraction of sp³-hybridized carbons (Fsp3) is 0.344. The molecule has 0 spiro atoms. The highest BCUT2D eigenvalue weighted by Crippen LogP contribution is 2.38. The van der Waals surface area contributed by atoms with Gasteiger partial charge in [0.1, 0.15) is 0 Å². The summed E-state index contributed by atoms with van der Waals surface area (Å²) >= 11 is 0. The first kappa shape index (κ1) is 27.3. The van der Waals surface area contributed by atoms with Crippen LogP contribution in [0.4, 0.5) is 0 Å². The third-order valence-electron chi connectivity index (χ3n) is 7.01. The van der Waals surface area contributed by atoms with E-state index in [0.29, 0.717) is 35.9 Å². The number of methoxy groups -OCH3 is 3. The fourth-order valence-electron chi connectivity index (χ4n) is 5.17. The standard InChI is InChI=1S/C32H38N2O4/c1-24(18-25-12-7-5-8-13-25)21-34(23-28-16-11-17-33(28)22-26-14-9-6-10-15-26)32(35)27-19-29(36-2)31(38-4)30(20-27)37-3/h5-10,12-15,18-20,28H,11,16-17,21-23H2,1-4H3/b24-18+. The Bertz CT molecular complexity index is 1200. The highest BCUT2D eigenvalue weighted by Gasteiger charge is 2.29. The van der Waals surface area contributed by atoms with Crippen molar-refractivity contribution in [1.29, 1.82) is 0 Å². The summed E-state index contributed by atoms with van der Waals surface area (Å²) in [6.45, 7) is 5.17. The van der Waals surface area contributed by atoms with Crippen molar-refractivity contribution in [3.05, 3.63) is 95.1 Å². The first-order valence-electron chi connectivity index (χ1n) is 13.1. The van der Waals surface area contributed by atoms with Crippen LogP contribution in [0.3, 0.4) is 0 Å². The lowest BCUT2D eigenvalue weighted by Gasteiger charge is -2.31. The minimum absolute atomic E-state index is 0.0587. The maximum Gasteiger partial charge on any atom is 0.254 e. The summed E-state index contributed by atoms with van der Waals surface area (Å²) in [6.07, 6.45) is 4.34. The number of hydrogen-bond acceptors (Lipinski definition) is 5. The molecule has 1 heterocycles. The summed E-state index contributed by atoms with van der Waals surface area (Å²) in [5.74, 6) is 1.36. The topological polar surface area (TPSA) is 51.2 Å². The Labute approximate surface area is 226 Å². The lowest BCUT2D eigenvalue weighted by molar-refractivity contribution is 0.0718. The van der Waals surface area contributed by atoms with Gasteiger partial charge in [-0.2, -0.15) is 0 Å². The Morgan fingerprint density at radius 1 is 0.947 bits per heavy atom. The molecule has 0 aliphatic carbocycles. The molecule has 0 aromatic heterocycles. The van der Waals surface area contributed by atoms with Crippen LogP contribution < -0.4 is 14.2 Å². The smallest absolute Gasteiger partial charge is 0.254 e. The lowest BCUT2D eigenvalue weighted by Crippen LogP contribution is -2.43. The first-order valence-corrected chi connectivity index (χ1v) is 13.1. The Morgan fingerprint density at radius 3 is 2.18 bits per heavy atom. The van der Waals surface area contributed by atoms with Crippen molar-refractivity contribution < 1.29 is 19.0 Å². The molecule has 6 heteroatoms. The minimum atomic E-state index is -0.0587. The van der Waals surface area contributed by atoms with Gasteiger partial charge in [0, 0.05) is 31.2 Å².